The normalized spacial score (nSPS) is 14.9. The average Bonchev–Trinajstić information content (AvgIpc) is 2.01. The van der Waals surface area contributed by atoms with Gasteiger partial charge < -0.3 is 10.1 Å². The second-order valence-corrected chi connectivity index (χ2v) is 3.80. The molecule has 5 heteroatoms. The van der Waals surface area contributed by atoms with Crippen LogP contribution in [0.2, 0.25) is 0 Å². The molecule has 0 aromatic carbocycles. The average molecular weight is 205 g/mol. The minimum atomic E-state index is -1.24. The van der Waals surface area contributed by atoms with Crippen molar-refractivity contribution in [3.8, 4) is 0 Å². The molecule has 0 aliphatic rings. The first-order chi connectivity index (χ1) is 5.84. The number of hydrogen-bond acceptors (Lipinski definition) is 4. The Bertz CT molecular complexity index is 217. The minimum absolute atomic E-state index is 0.146. The van der Waals surface area contributed by atoms with E-state index in [4.69, 9.17) is 0 Å². The zero-order valence-electron chi connectivity index (χ0n) is 8.25. The SMILES string of the molecule is COC(=O)[C@@](S)(NC(C)=O)C(C)C. The van der Waals surface area contributed by atoms with Gasteiger partial charge in [-0.05, 0) is 5.92 Å². The van der Waals surface area contributed by atoms with Crippen LogP contribution in [0.5, 0.6) is 0 Å². The fourth-order valence-electron chi connectivity index (χ4n) is 0.855. The largest absolute Gasteiger partial charge is 0.467 e. The van der Waals surface area contributed by atoms with E-state index in [-0.39, 0.29) is 11.8 Å². The lowest BCUT2D eigenvalue weighted by atomic mass is 10.0. The molecule has 0 aliphatic heterocycles. The van der Waals surface area contributed by atoms with Crippen LogP contribution >= 0.6 is 12.6 Å². The van der Waals surface area contributed by atoms with E-state index in [0.717, 1.165) is 0 Å². The van der Waals surface area contributed by atoms with Gasteiger partial charge in [-0.3, -0.25) is 4.79 Å². The summed E-state index contributed by atoms with van der Waals surface area (Å²) in [6.07, 6.45) is 0. The molecule has 1 N–H and O–H groups in total. The van der Waals surface area contributed by atoms with Gasteiger partial charge in [0.2, 0.25) is 5.91 Å². The topological polar surface area (TPSA) is 55.4 Å². The molecule has 1 amide bonds. The molecule has 0 saturated heterocycles. The number of rotatable bonds is 3. The smallest absolute Gasteiger partial charge is 0.342 e. The molecule has 0 aromatic heterocycles. The zero-order chi connectivity index (χ0) is 10.6. The molecule has 0 bridgehead atoms. The number of ether oxygens (including phenoxy) is 1. The van der Waals surface area contributed by atoms with E-state index in [1.165, 1.54) is 14.0 Å². The molecule has 0 heterocycles. The first-order valence-electron chi connectivity index (χ1n) is 3.94. The summed E-state index contributed by atoms with van der Waals surface area (Å²) in [5, 5.41) is 2.46. The summed E-state index contributed by atoms with van der Waals surface area (Å²) in [5.41, 5.74) is 0. The van der Waals surface area contributed by atoms with Gasteiger partial charge in [-0.1, -0.05) is 13.8 Å². The molecule has 4 nitrogen and oxygen atoms in total. The maximum absolute atomic E-state index is 11.3. The van der Waals surface area contributed by atoms with E-state index in [9.17, 15) is 9.59 Å². The van der Waals surface area contributed by atoms with Gasteiger partial charge in [0.1, 0.15) is 0 Å². The second-order valence-electron chi connectivity index (χ2n) is 3.09. The number of thiol groups is 1. The van der Waals surface area contributed by atoms with Crippen molar-refractivity contribution < 1.29 is 14.3 Å². The highest BCUT2D eigenvalue weighted by molar-refractivity contribution is 7.82. The second kappa shape index (κ2) is 4.50. The monoisotopic (exact) mass is 205 g/mol. The lowest BCUT2D eigenvalue weighted by Gasteiger charge is -2.29. The summed E-state index contributed by atoms with van der Waals surface area (Å²) in [6, 6.07) is 0. The predicted octanol–water partition coefficient (Wildman–Crippen LogP) is 0.578. The standard InChI is InChI=1S/C8H15NO3S/c1-5(2)8(13,7(11)12-4)9-6(3)10/h5,13H,1-4H3,(H,9,10)/t8-/m1/s1. The molecule has 0 aliphatic carbocycles. The summed E-state index contributed by atoms with van der Waals surface area (Å²) in [6.45, 7) is 4.88. The van der Waals surface area contributed by atoms with E-state index in [2.05, 4.69) is 22.7 Å². The van der Waals surface area contributed by atoms with Gasteiger partial charge in [0.25, 0.3) is 0 Å². The number of hydrogen-bond donors (Lipinski definition) is 2. The van der Waals surface area contributed by atoms with Crippen LogP contribution in [0.1, 0.15) is 20.8 Å². The Labute approximate surface area is 83.4 Å². The molecule has 1 atom stereocenters. The van der Waals surface area contributed by atoms with E-state index in [1.54, 1.807) is 13.8 Å². The Kier molecular flexibility index (Phi) is 4.26. The van der Waals surface area contributed by atoms with Crippen LogP contribution < -0.4 is 5.32 Å². The summed E-state index contributed by atoms with van der Waals surface area (Å²) < 4.78 is 4.55. The third-order valence-electron chi connectivity index (χ3n) is 1.70. The summed E-state index contributed by atoms with van der Waals surface area (Å²) in [7, 11) is 1.26. The quantitative estimate of drug-likeness (QED) is 0.402. The van der Waals surface area contributed by atoms with E-state index in [1.807, 2.05) is 0 Å². The maximum Gasteiger partial charge on any atom is 0.342 e. The molecular weight excluding hydrogens is 190 g/mol. The Hall–Kier alpha value is -0.710. The maximum atomic E-state index is 11.3. The van der Waals surface area contributed by atoms with Crippen LogP contribution in [0.25, 0.3) is 0 Å². The first kappa shape index (κ1) is 12.3. The first-order valence-corrected chi connectivity index (χ1v) is 4.38. The highest BCUT2D eigenvalue weighted by atomic mass is 32.1. The Morgan fingerprint density at radius 2 is 1.92 bits per heavy atom. The van der Waals surface area contributed by atoms with Crippen molar-refractivity contribution in [2.45, 2.75) is 25.6 Å². The summed E-state index contributed by atoms with van der Waals surface area (Å²) in [4.78, 5) is 20.9. The van der Waals surface area contributed by atoms with Crippen molar-refractivity contribution in [3.05, 3.63) is 0 Å². The third-order valence-corrected chi connectivity index (χ3v) is 2.51. The highest BCUT2D eigenvalue weighted by Gasteiger charge is 2.39. The van der Waals surface area contributed by atoms with Gasteiger partial charge in [0.15, 0.2) is 4.87 Å². The number of methoxy groups -OCH3 is 1. The van der Waals surface area contributed by atoms with Gasteiger partial charge in [-0.2, -0.15) is 0 Å². The molecule has 13 heavy (non-hydrogen) atoms. The van der Waals surface area contributed by atoms with Gasteiger partial charge >= 0.3 is 5.97 Å². The van der Waals surface area contributed by atoms with Crippen molar-refractivity contribution in [2.24, 2.45) is 5.92 Å². The van der Waals surface area contributed by atoms with Crippen molar-refractivity contribution in [1.29, 1.82) is 0 Å². The van der Waals surface area contributed by atoms with E-state index >= 15 is 0 Å². The lowest BCUT2D eigenvalue weighted by Crippen LogP contribution is -2.53. The number of carbonyl (C=O) groups is 2. The van der Waals surface area contributed by atoms with Crippen LogP contribution in [0.15, 0.2) is 0 Å². The molecular formula is C8H15NO3S. The predicted molar refractivity (Wildman–Crippen MR) is 52.4 cm³/mol. The number of esters is 1. The molecule has 0 saturated carbocycles. The van der Waals surface area contributed by atoms with Gasteiger partial charge in [-0.15, -0.1) is 12.6 Å². The zero-order valence-corrected chi connectivity index (χ0v) is 9.14. The van der Waals surface area contributed by atoms with E-state index in [0.29, 0.717) is 0 Å². The molecule has 0 spiro atoms. The third kappa shape index (κ3) is 2.91. The van der Waals surface area contributed by atoms with Crippen molar-refractivity contribution in [3.63, 3.8) is 0 Å². The molecule has 0 radical (unpaired) electrons. The Morgan fingerprint density at radius 3 is 2.15 bits per heavy atom. The summed E-state index contributed by atoms with van der Waals surface area (Å²) >= 11 is 4.12. The van der Waals surface area contributed by atoms with Crippen molar-refractivity contribution >= 4 is 24.5 Å². The fraction of sp³-hybridized carbons (Fsp3) is 0.750. The van der Waals surface area contributed by atoms with Crippen LogP contribution in [0.4, 0.5) is 0 Å². The number of amides is 1. The van der Waals surface area contributed by atoms with Crippen LogP contribution in [0, 0.1) is 5.92 Å². The highest BCUT2D eigenvalue weighted by Crippen LogP contribution is 2.22. The molecule has 0 fully saturated rings. The summed E-state index contributed by atoms with van der Waals surface area (Å²) in [5.74, 6) is -1.01. The van der Waals surface area contributed by atoms with Gasteiger partial charge in [0, 0.05) is 6.92 Å². The van der Waals surface area contributed by atoms with E-state index < -0.39 is 10.8 Å². The minimum Gasteiger partial charge on any atom is -0.467 e. The van der Waals surface area contributed by atoms with Crippen molar-refractivity contribution in [1.82, 2.24) is 5.32 Å². The molecule has 0 unspecified atom stereocenters. The van der Waals surface area contributed by atoms with Gasteiger partial charge in [0.05, 0.1) is 7.11 Å². The number of nitrogens with one attached hydrogen (secondary N) is 1. The Balaban J connectivity index is 4.72. The molecule has 0 aromatic rings. The fourth-order valence-corrected chi connectivity index (χ4v) is 1.10. The van der Waals surface area contributed by atoms with Crippen LogP contribution in [-0.2, 0) is 14.3 Å². The van der Waals surface area contributed by atoms with Crippen LogP contribution in [0.3, 0.4) is 0 Å². The van der Waals surface area contributed by atoms with Crippen molar-refractivity contribution in [2.75, 3.05) is 7.11 Å². The van der Waals surface area contributed by atoms with Crippen LogP contribution in [-0.4, -0.2) is 23.9 Å². The Morgan fingerprint density at radius 1 is 1.46 bits per heavy atom. The van der Waals surface area contributed by atoms with Gasteiger partial charge in [-0.25, -0.2) is 4.79 Å². The molecule has 0 rings (SSSR count). The lowest BCUT2D eigenvalue weighted by molar-refractivity contribution is -0.147. The number of carbonyl (C=O) groups excluding carboxylic acids is 2. The molecule has 76 valence electrons.